The van der Waals surface area contributed by atoms with E-state index in [2.05, 4.69) is 5.16 Å². The van der Waals surface area contributed by atoms with E-state index in [9.17, 15) is 4.79 Å². The highest BCUT2D eigenvalue weighted by Gasteiger charge is 2.35. The second kappa shape index (κ2) is 5.76. The number of nitrogens with zero attached hydrogens (tertiary/aromatic N) is 2. The summed E-state index contributed by atoms with van der Waals surface area (Å²) in [7, 11) is 0. The molecule has 23 heavy (non-hydrogen) atoms. The number of rotatable bonds is 5. The van der Waals surface area contributed by atoms with Crippen LogP contribution in [0.2, 0.25) is 0 Å². The summed E-state index contributed by atoms with van der Waals surface area (Å²) in [4.78, 5) is 19.6. The van der Waals surface area contributed by atoms with Gasteiger partial charge in [0.15, 0.2) is 17.6 Å². The summed E-state index contributed by atoms with van der Waals surface area (Å²) in [5.41, 5.74) is 1.87. The van der Waals surface area contributed by atoms with Crippen molar-refractivity contribution < 1.29 is 19.1 Å². The molecule has 3 aliphatic rings. The highest BCUT2D eigenvalue weighted by molar-refractivity contribution is 6.01. The van der Waals surface area contributed by atoms with Gasteiger partial charge in [-0.15, -0.1) is 0 Å². The molecule has 1 aliphatic carbocycles. The Morgan fingerprint density at radius 1 is 1.30 bits per heavy atom. The van der Waals surface area contributed by atoms with Crippen molar-refractivity contribution in [3.63, 3.8) is 0 Å². The van der Waals surface area contributed by atoms with Gasteiger partial charge in [0, 0.05) is 24.4 Å². The van der Waals surface area contributed by atoms with Gasteiger partial charge in [-0.05, 0) is 38.0 Å². The van der Waals surface area contributed by atoms with Crippen LogP contribution in [0, 0.1) is 5.92 Å². The van der Waals surface area contributed by atoms with Gasteiger partial charge in [-0.25, -0.2) is 0 Å². The molecule has 0 saturated heterocycles. The number of amides is 1. The van der Waals surface area contributed by atoms with Crippen molar-refractivity contribution in [3.05, 3.63) is 23.8 Å². The molecule has 0 spiro atoms. The fourth-order valence-corrected chi connectivity index (χ4v) is 2.98. The van der Waals surface area contributed by atoms with E-state index in [1.165, 1.54) is 0 Å². The first kappa shape index (κ1) is 14.4. The second-order valence-corrected chi connectivity index (χ2v) is 6.19. The van der Waals surface area contributed by atoms with Crippen LogP contribution in [0.4, 0.5) is 0 Å². The van der Waals surface area contributed by atoms with Crippen LogP contribution in [0.1, 0.15) is 31.7 Å². The van der Waals surface area contributed by atoms with Gasteiger partial charge < -0.3 is 19.2 Å². The maximum absolute atomic E-state index is 12.2. The molecule has 6 nitrogen and oxygen atoms in total. The van der Waals surface area contributed by atoms with Crippen molar-refractivity contribution in [1.29, 1.82) is 0 Å². The van der Waals surface area contributed by atoms with Crippen LogP contribution >= 0.6 is 0 Å². The minimum absolute atomic E-state index is 0.0712. The fourth-order valence-electron chi connectivity index (χ4n) is 2.98. The zero-order valence-electron chi connectivity index (χ0n) is 13.2. The van der Waals surface area contributed by atoms with E-state index >= 15 is 0 Å². The average Bonchev–Trinajstić information content (AvgIpc) is 3.14. The number of carbonyl (C=O) groups excluding carboxylic acids is 1. The Labute approximate surface area is 135 Å². The molecule has 0 radical (unpaired) electrons. The van der Waals surface area contributed by atoms with E-state index in [-0.39, 0.29) is 24.7 Å². The lowest BCUT2D eigenvalue weighted by atomic mass is 10.0. The van der Waals surface area contributed by atoms with Gasteiger partial charge in [-0.2, -0.15) is 0 Å². The maximum atomic E-state index is 12.2. The molecule has 4 rings (SSSR count). The van der Waals surface area contributed by atoms with Gasteiger partial charge in [-0.3, -0.25) is 4.79 Å². The number of carbonyl (C=O) groups is 1. The molecule has 0 N–H and O–H groups in total. The van der Waals surface area contributed by atoms with Crippen molar-refractivity contribution in [1.82, 2.24) is 4.90 Å². The predicted molar refractivity (Wildman–Crippen MR) is 83.6 cm³/mol. The molecule has 0 unspecified atom stereocenters. The largest absolute Gasteiger partial charge is 0.454 e. The van der Waals surface area contributed by atoms with Crippen LogP contribution in [0.25, 0.3) is 0 Å². The van der Waals surface area contributed by atoms with Gasteiger partial charge in [0.05, 0.1) is 12.3 Å². The first-order chi connectivity index (χ1) is 11.2. The zero-order chi connectivity index (χ0) is 15.8. The molecular formula is C17H20N2O4. The lowest BCUT2D eigenvalue weighted by Gasteiger charge is -2.23. The Bertz CT molecular complexity index is 654. The van der Waals surface area contributed by atoms with Crippen LogP contribution in [0.15, 0.2) is 23.4 Å². The molecule has 1 aromatic carbocycles. The molecule has 1 saturated carbocycles. The minimum Gasteiger partial charge on any atom is -0.454 e. The first-order valence-corrected chi connectivity index (χ1v) is 8.16. The number of likely N-dealkylation sites (N-methyl/N-ethyl adjacent to an activating group) is 1. The smallest absolute Gasteiger partial charge is 0.231 e. The average molecular weight is 316 g/mol. The lowest BCUT2D eigenvalue weighted by Crippen LogP contribution is -2.38. The van der Waals surface area contributed by atoms with Crippen molar-refractivity contribution >= 4 is 11.6 Å². The number of hydrogen-bond acceptors (Lipinski definition) is 5. The van der Waals surface area contributed by atoms with Gasteiger partial charge >= 0.3 is 0 Å². The van der Waals surface area contributed by atoms with Crippen LogP contribution in [0.3, 0.4) is 0 Å². The molecule has 2 heterocycles. The summed E-state index contributed by atoms with van der Waals surface area (Å²) >= 11 is 0. The highest BCUT2D eigenvalue weighted by Crippen LogP contribution is 2.34. The molecule has 122 valence electrons. The van der Waals surface area contributed by atoms with Crippen molar-refractivity contribution in [3.8, 4) is 11.5 Å². The summed E-state index contributed by atoms with van der Waals surface area (Å²) in [6.45, 7) is 3.59. The molecular weight excluding hydrogens is 296 g/mol. The van der Waals surface area contributed by atoms with Crippen molar-refractivity contribution in [2.45, 2.75) is 32.3 Å². The van der Waals surface area contributed by atoms with Crippen LogP contribution < -0.4 is 9.47 Å². The Morgan fingerprint density at radius 3 is 2.91 bits per heavy atom. The lowest BCUT2D eigenvalue weighted by molar-refractivity contribution is -0.134. The zero-order valence-corrected chi connectivity index (χ0v) is 13.2. The molecule has 0 bridgehead atoms. The quantitative estimate of drug-likeness (QED) is 0.835. The number of fused-ring (bicyclic) bond motifs is 1. The van der Waals surface area contributed by atoms with Gasteiger partial charge in [0.2, 0.25) is 12.7 Å². The summed E-state index contributed by atoms with van der Waals surface area (Å²) < 4.78 is 10.7. The highest BCUT2D eigenvalue weighted by atomic mass is 16.7. The summed E-state index contributed by atoms with van der Waals surface area (Å²) in [6.07, 6.45) is 2.69. The molecule has 1 fully saturated rings. The van der Waals surface area contributed by atoms with E-state index in [0.717, 1.165) is 35.6 Å². The number of benzene rings is 1. The molecule has 2 aliphatic heterocycles. The predicted octanol–water partition coefficient (Wildman–Crippen LogP) is 2.17. The molecule has 1 aromatic rings. The van der Waals surface area contributed by atoms with E-state index in [4.69, 9.17) is 14.3 Å². The maximum Gasteiger partial charge on any atom is 0.231 e. The van der Waals surface area contributed by atoms with E-state index in [1.807, 2.05) is 30.0 Å². The monoisotopic (exact) mass is 316 g/mol. The first-order valence-electron chi connectivity index (χ1n) is 8.16. The third kappa shape index (κ3) is 2.85. The van der Waals surface area contributed by atoms with Gasteiger partial charge in [0.1, 0.15) is 0 Å². The van der Waals surface area contributed by atoms with Gasteiger partial charge in [-0.1, -0.05) is 5.16 Å². The molecule has 1 amide bonds. The molecule has 6 heteroatoms. The summed E-state index contributed by atoms with van der Waals surface area (Å²) in [5.74, 6) is 2.00. The minimum atomic E-state index is -0.0712. The van der Waals surface area contributed by atoms with Crippen LogP contribution in [-0.2, 0) is 9.63 Å². The van der Waals surface area contributed by atoms with Crippen LogP contribution in [-0.4, -0.2) is 42.5 Å². The Morgan fingerprint density at radius 2 is 2.13 bits per heavy atom. The van der Waals surface area contributed by atoms with Gasteiger partial charge in [0.25, 0.3) is 0 Å². The Kier molecular flexibility index (Phi) is 3.59. The molecule has 0 aromatic heterocycles. The summed E-state index contributed by atoms with van der Waals surface area (Å²) in [6, 6.07) is 5.79. The van der Waals surface area contributed by atoms with Crippen molar-refractivity contribution in [2.75, 3.05) is 19.9 Å². The number of ether oxygens (including phenoxy) is 2. The molecule has 1 atom stereocenters. The fraction of sp³-hybridized carbons (Fsp3) is 0.529. The summed E-state index contributed by atoms with van der Waals surface area (Å²) in [5, 5.41) is 4.20. The standard InChI is InChI=1S/C17H20N2O4/c1-2-19(17(20)11-3-4-11)9-13-8-14(18-23-13)12-5-6-15-16(7-12)22-10-21-15/h5-7,11,13H,2-4,8-10H2,1H3/t13-/m1/s1. The van der Waals surface area contributed by atoms with E-state index in [0.29, 0.717) is 19.5 Å². The third-order valence-electron chi connectivity index (χ3n) is 4.48. The Balaban J connectivity index is 1.39. The van der Waals surface area contributed by atoms with Crippen molar-refractivity contribution in [2.24, 2.45) is 11.1 Å². The number of oxime groups is 1. The van der Waals surface area contributed by atoms with E-state index in [1.54, 1.807) is 0 Å². The van der Waals surface area contributed by atoms with Crippen LogP contribution in [0.5, 0.6) is 11.5 Å². The SMILES string of the molecule is CCN(C[C@H]1CC(c2ccc3c(c2)OCO3)=NO1)C(=O)C1CC1. The van der Waals surface area contributed by atoms with E-state index < -0.39 is 0 Å². The Hall–Kier alpha value is -2.24. The number of hydrogen-bond donors (Lipinski definition) is 0. The third-order valence-corrected chi connectivity index (χ3v) is 4.48. The topological polar surface area (TPSA) is 60.4 Å². The normalized spacial score (nSPS) is 21.8. The second-order valence-electron chi connectivity index (χ2n) is 6.19.